The van der Waals surface area contributed by atoms with Crippen molar-refractivity contribution in [2.45, 2.75) is 25.9 Å². The van der Waals surface area contributed by atoms with Gasteiger partial charge in [-0.15, -0.1) is 0 Å². The molecule has 0 saturated carbocycles. The molecule has 2 heterocycles. The fourth-order valence-electron chi connectivity index (χ4n) is 2.87. The summed E-state index contributed by atoms with van der Waals surface area (Å²) in [5, 5.41) is 12.6. The molecule has 7 heteroatoms. The van der Waals surface area contributed by atoms with E-state index >= 15 is 0 Å². The Bertz CT molecular complexity index is 807. The zero-order chi connectivity index (χ0) is 18.7. The normalized spacial score (nSPS) is 14.5. The molecule has 3 amide bonds. The van der Waals surface area contributed by atoms with Gasteiger partial charge in [0.1, 0.15) is 17.6 Å². The number of carbonyl (C=O) groups is 3. The van der Waals surface area contributed by atoms with E-state index in [1.165, 1.54) is 4.90 Å². The molecule has 0 saturated heterocycles. The van der Waals surface area contributed by atoms with Crippen LogP contribution in [0.4, 0.5) is 0 Å². The number of carbonyl (C=O) groups excluding carboxylic acids is 3. The second-order valence-corrected chi connectivity index (χ2v) is 6.18. The summed E-state index contributed by atoms with van der Waals surface area (Å²) in [6.07, 6.45) is -0.409. The summed E-state index contributed by atoms with van der Waals surface area (Å²) in [6, 6.07) is 10.1. The van der Waals surface area contributed by atoms with E-state index in [2.05, 4.69) is 5.32 Å². The first-order chi connectivity index (χ1) is 12.5. The summed E-state index contributed by atoms with van der Waals surface area (Å²) in [4.78, 5) is 37.5. The van der Waals surface area contributed by atoms with Crippen molar-refractivity contribution in [1.29, 1.82) is 0 Å². The summed E-state index contributed by atoms with van der Waals surface area (Å²) in [5.74, 6) is 0.174. The minimum Gasteiger partial charge on any atom is -0.464 e. The molecule has 1 atom stereocenters. The lowest BCUT2D eigenvalue weighted by Crippen LogP contribution is -2.32. The minimum absolute atomic E-state index is 0.0405. The maximum atomic E-state index is 12.2. The van der Waals surface area contributed by atoms with E-state index in [1.807, 2.05) is 0 Å². The lowest BCUT2D eigenvalue weighted by molar-refractivity contribution is -0.121. The first-order valence-electron chi connectivity index (χ1n) is 8.43. The number of hydrogen-bond acceptors (Lipinski definition) is 5. The molecule has 26 heavy (non-hydrogen) atoms. The van der Waals surface area contributed by atoms with Gasteiger partial charge >= 0.3 is 0 Å². The number of furan rings is 1. The largest absolute Gasteiger partial charge is 0.464 e. The van der Waals surface area contributed by atoms with Crippen molar-refractivity contribution in [3.63, 3.8) is 0 Å². The SMILES string of the molecule is Cc1ccc(C(O)CNC(=O)CCCN2C(=O)c3ccccc3C2=O)o1. The maximum Gasteiger partial charge on any atom is 0.261 e. The number of aliphatic hydroxyl groups is 1. The van der Waals surface area contributed by atoms with Gasteiger partial charge in [0.05, 0.1) is 17.7 Å². The summed E-state index contributed by atoms with van der Waals surface area (Å²) in [7, 11) is 0. The second kappa shape index (κ2) is 7.53. The molecule has 0 aliphatic carbocycles. The van der Waals surface area contributed by atoms with Gasteiger partial charge in [-0.25, -0.2) is 0 Å². The van der Waals surface area contributed by atoms with Crippen LogP contribution in [0.1, 0.15) is 51.2 Å². The van der Waals surface area contributed by atoms with Crippen LogP contribution in [0.5, 0.6) is 0 Å². The third-order valence-corrected chi connectivity index (χ3v) is 4.25. The summed E-state index contributed by atoms with van der Waals surface area (Å²) in [6.45, 7) is 1.99. The Balaban J connectivity index is 1.43. The second-order valence-electron chi connectivity index (χ2n) is 6.18. The van der Waals surface area contributed by atoms with Gasteiger partial charge in [0, 0.05) is 13.0 Å². The van der Waals surface area contributed by atoms with E-state index in [0.29, 0.717) is 29.1 Å². The van der Waals surface area contributed by atoms with Crippen LogP contribution in [0.25, 0.3) is 0 Å². The average Bonchev–Trinajstić information content (AvgIpc) is 3.17. The molecule has 0 fully saturated rings. The Morgan fingerprint density at radius 2 is 1.81 bits per heavy atom. The lowest BCUT2D eigenvalue weighted by Gasteiger charge is -2.14. The molecule has 136 valence electrons. The summed E-state index contributed by atoms with van der Waals surface area (Å²) in [5.41, 5.74) is 0.803. The van der Waals surface area contributed by atoms with Gasteiger partial charge in [-0.1, -0.05) is 12.1 Å². The molecule has 1 aromatic heterocycles. The van der Waals surface area contributed by atoms with E-state index in [-0.39, 0.29) is 37.2 Å². The molecule has 7 nitrogen and oxygen atoms in total. The van der Waals surface area contributed by atoms with E-state index in [0.717, 1.165) is 0 Å². The van der Waals surface area contributed by atoms with Crippen LogP contribution < -0.4 is 5.32 Å². The number of amides is 3. The molecular formula is C19H20N2O5. The first kappa shape index (κ1) is 17.9. The third-order valence-electron chi connectivity index (χ3n) is 4.25. The summed E-state index contributed by atoms with van der Waals surface area (Å²) >= 11 is 0. The van der Waals surface area contributed by atoms with Crippen molar-refractivity contribution in [1.82, 2.24) is 10.2 Å². The fourth-order valence-corrected chi connectivity index (χ4v) is 2.87. The lowest BCUT2D eigenvalue weighted by atomic mass is 10.1. The topological polar surface area (TPSA) is 99.9 Å². The molecule has 3 rings (SSSR count). The van der Waals surface area contributed by atoms with E-state index in [1.54, 1.807) is 43.3 Å². The van der Waals surface area contributed by atoms with Crippen molar-refractivity contribution >= 4 is 17.7 Å². The number of nitrogens with one attached hydrogen (secondary N) is 1. The number of aliphatic hydroxyl groups excluding tert-OH is 1. The predicted molar refractivity (Wildman–Crippen MR) is 92.5 cm³/mol. The molecular weight excluding hydrogens is 336 g/mol. The number of fused-ring (bicyclic) bond motifs is 1. The van der Waals surface area contributed by atoms with E-state index in [9.17, 15) is 19.5 Å². The van der Waals surface area contributed by atoms with Crippen molar-refractivity contribution in [2.75, 3.05) is 13.1 Å². The molecule has 0 bridgehead atoms. The zero-order valence-corrected chi connectivity index (χ0v) is 14.4. The average molecular weight is 356 g/mol. The maximum absolute atomic E-state index is 12.2. The fraction of sp³-hybridized carbons (Fsp3) is 0.316. The highest BCUT2D eigenvalue weighted by molar-refractivity contribution is 6.21. The van der Waals surface area contributed by atoms with Crippen molar-refractivity contribution in [3.05, 3.63) is 59.0 Å². The molecule has 0 spiro atoms. The number of nitrogens with zero attached hydrogens (tertiary/aromatic N) is 1. The standard InChI is InChI=1S/C19H20N2O5/c1-12-8-9-16(26-12)15(22)11-20-17(23)7-4-10-21-18(24)13-5-2-3-6-14(13)19(21)25/h2-3,5-6,8-9,15,22H,4,7,10-11H2,1H3,(H,20,23). The number of rotatable bonds is 7. The Morgan fingerprint density at radius 3 is 2.38 bits per heavy atom. The Hall–Kier alpha value is -2.93. The molecule has 1 aromatic carbocycles. The molecule has 2 aromatic rings. The van der Waals surface area contributed by atoms with Crippen LogP contribution in [0.15, 0.2) is 40.8 Å². The smallest absolute Gasteiger partial charge is 0.261 e. The Morgan fingerprint density at radius 1 is 1.15 bits per heavy atom. The summed E-state index contributed by atoms with van der Waals surface area (Å²) < 4.78 is 5.30. The first-order valence-corrected chi connectivity index (χ1v) is 8.43. The van der Waals surface area contributed by atoms with Crippen molar-refractivity contribution < 1.29 is 23.9 Å². The predicted octanol–water partition coefficient (Wildman–Crippen LogP) is 1.81. The van der Waals surface area contributed by atoms with Crippen LogP contribution in [-0.2, 0) is 4.79 Å². The number of imide groups is 1. The van der Waals surface area contributed by atoms with Crippen molar-refractivity contribution in [2.24, 2.45) is 0 Å². The van der Waals surface area contributed by atoms with Gasteiger partial charge in [-0.05, 0) is 37.6 Å². The molecule has 1 unspecified atom stereocenters. The minimum atomic E-state index is -0.913. The van der Waals surface area contributed by atoms with Crippen LogP contribution in [0.2, 0.25) is 0 Å². The van der Waals surface area contributed by atoms with Crippen LogP contribution in [0, 0.1) is 6.92 Å². The van der Waals surface area contributed by atoms with Gasteiger partial charge in [-0.3, -0.25) is 19.3 Å². The molecule has 1 aliphatic heterocycles. The highest BCUT2D eigenvalue weighted by Gasteiger charge is 2.34. The van der Waals surface area contributed by atoms with Crippen LogP contribution in [-0.4, -0.2) is 40.8 Å². The molecule has 0 radical (unpaired) electrons. The number of benzene rings is 1. The quantitative estimate of drug-likeness (QED) is 0.737. The van der Waals surface area contributed by atoms with E-state index in [4.69, 9.17) is 4.42 Å². The Labute approximate surface area is 150 Å². The van der Waals surface area contributed by atoms with Gasteiger partial charge in [0.15, 0.2) is 0 Å². The molecule has 1 aliphatic rings. The third kappa shape index (κ3) is 3.67. The van der Waals surface area contributed by atoms with Gasteiger partial charge in [0.25, 0.3) is 11.8 Å². The van der Waals surface area contributed by atoms with Crippen molar-refractivity contribution in [3.8, 4) is 0 Å². The van der Waals surface area contributed by atoms with E-state index < -0.39 is 6.10 Å². The van der Waals surface area contributed by atoms with Crippen LogP contribution >= 0.6 is 0 Å². The van der Waals surface area contributed by atoms with Gasteiger partial charge < -0.3 is 14.8 Å². The van der Waals surface area contributed by atoms with Crippen LogP contribution in [0.3, 0.4) is 0 Å². The number of hydrogen-bond donors (Lipinski definition) is 2. The number of aryl methyl sites for hydroxylation is 1. The highest BCUT2D eigenvalue weighted by atomic mass is 16.4. The highest BCUT2D eigenvalue weighted by Crippen LogP contribution is 2.22. The molecule has 2 N–H and O–H groups in total. The monoisotopic (exact) mass is 356 g/mol. The zero-order valence-electron chi connectivity index (χ0n) is 14.4. The van der Waals surface area contributed by atoms with Gasteiger partial charge in [-0.2, -0.15) is 0 Å². The Kier molecular flexibility index (Phi) is 5.18. The van der Waals surface area contributed by atoms with Gasteiger partial charge in [0.2, 0.25) is 5.91 Å².